The standard InChI is InChI=1S/C49H33N3/c1-49(2)40-25-13-10-22-37(40)43-34-20-8-9-21-35(34)44-39-24-12-15-27-42(39)52(47(44)45(43)49)48-50-41-26-14-11-23-38(41)46(51-48)36-29-28-31(30-16-4-3-5-17-30)32-18-6-7-19-33(32)36/h3-29H,1-2H3. The highest BCUT2D eigenvalue weighted by molar-refractivity contribution is 6.27. The topological polar surface area (TPSA) is 30.7 Å². The number of fused-ring (bicyclic) bond motifs is 12. The third-order valence-corrected chi connectivity index (χ3v) is 11.4. The molecule has 0 spiro atoms. The molecule has 52 heavy (non-hydrogen) atoms. The Morgan fingerprint density at radius 3 is 1.87 bits per heavy atom. The van der Waals surface area contributed by atoms with Crippen molar-refractivity contribution in [2.75, 3.05) is 0 Å². The molecule has 0 amide bonds. The van der Waals surface area contributed by atoms with Crippen molar-refractivity contribution in [2.24, 2.45) is 0 Å². The third kappa shape index (κ3) is 3.91. The van der Waals surface area contributed by atoms with E-state index in [0.717, 1.165) is 27.7 Å². The Bertz CT molecular complexity index is 3100. The van der Waals surface area contributed by atoms with E-state index in [1.165, 1.54) is 71.2 Å². The van der Waals surface area contributed by atoms with Crippen LogP contribution in [-0.2, 0) is 5.41 Å². The van der Waals surface area contributed by atoms with Gasteiger partial charge in [0, 0.05) is 27.1 Å². The fourth-order valence-electron chi connectivity index (χ4n) is 9.14. The average Bonchev–Trinajstić information content (AvgIpc) is 3.67. The first kappa shape index (κ1) is 29.2. The van der Waals surface area contributed by atoms with Crippen molar-refractivity contribution in [2.45, 2.75) is 19.3 Å². The third-order valence-electron chi connectivity index (χ3n) is 11.4. The summed E-state index contributed by atoms with van der Waals surface area (Å²) in [5.74, 6) is 0.681. The smallest absolute Gasteiger partial charge is 0.235 e. The molecule has 1 aliphatic carbocycles. The maximum absolute atomic E-state index is 5.62. The Hall–Kier alpha value is -6.58. The molecule has 11 rings (SSSR count). The number of hydrogen-bond donors (Lipinski definition) is 0. The van der Waals surface area contributed by atoms with Crippen molar-refractivity contribution < 1.29 is 0 Å². The van der Waals surface area contributed by atoms with E-state index in [9.17, 15) is 0 Å². The lowest BCUT2D eigenvalue weighted by Gasteiger charge is -2.24. The molecule has 0 radical (unpaired) electrons. The molecule has 0 saturated heterocycles. The molecule has 0 unspecified atom stereocenters. The first-order valence-corrected chi connectivity index (χ1v) is 18.0. The Morgan fingerprint density at radius 2 is 1.06 bits per heavy atom. The van der Waals surface area contributed by atoms with Gasteiger partial charge < -0.3 is 0 Å². The molecule has 1 aliphatic rings. The zero-order chi connectivity index (χ0) is 34.6. The Kier molecular flexibility index (Phi) is 6.01. The minimum atomic E-state index is -0.247. The van der Waals surface area contributed by atoms with E-state index < -0.39 is 0 Å². The van der Waals surface area contributed by atoms with Crippen LogP contribution in [0.25, 0.3) is 93.7 Å². The zero-order valence-corrected chi connectivity index (χ0v) is 28.9. The van der Waals surface area contributed by atoms with Crippen LogP contribution < -0.4 is 0 Å². The number of hydrogen-bond acceptors (Lipinski definition) is 2. The summed E-state index contributed by atoms with van der Waals surface area (Å²) in [5.41, 5.74) is 12.7. The summed E-state index contributed by atoms with van der Waals surface area (Å²) in [6.07, 6.45) is 0. The maximum atomic E-state index is 5.62. The minimum absolute atomic E-state index is 0.247. The molecule has 0 saturated carbocycles. The second-order valence-electron chi connectivity index (χ2n) is 14.5. The molecule has 10 aromatic rings. The van der Waals surface area contributed by atoms with Crippen LogP contribution in [0.3, 0.4) is 0 Å². The van der Waals surface area contributed by atoms with Gasteiger partial charge in [0.2, 0.25) is 5.95 Å². The first-order chi connectivity index (χ1) is 25.6. The molecule has 8 aromatic carbocycles. The predicted molar refractivity (Wildman–Crippen MR) is 217 cm³/mol. The van der Waals surface area contributed by atoms with Crippen LogP contribution in [0.2, 0.25) is 0 Å². The molecular formula is C49H33N3. The molecule has 0 N–H and O–H groups in total. The highest BCUT2D eigenvalue weighted by Gasteiger charge is 2.40. The fraction of sp³-hybridized carbons (Fsp3) is 0.0612. The fourth-order valence-corrected chi connectivity index (χ4v) is 9.14. The lowest BCUT2D eigenvalue weighted by Crippen LogP contribution is -2.17. The van der Waals surface area contributed by atoms with Crippen LogP contribution in [0.1, 0.15) is 25.0 Å². The largest absolute Gasteiger partial charge is 0.278 e. The average molecular weight is 664 g/mol. The monoisotopic (exact) mass is 663 g/mol. The Morgan fingerprint density at radius 1 is 0.462 bits per heavy atom. The number of para-hydroxylation sites is 2. The zero-order valence-electron chi connectivity index (χ0n) is 28.9. The summed E-state index contributed by atoms with van der Waals surface area (Å²) in [5, 5.41) is 8.41. The van der Waals surface area contributed by atoms with Gasteiger partial charge in [-0.3, -0.25) is 4.57 Å². The van der Waals surface area contributed by atoms with E-state index in [1.807, 2.05) is 0 Å². The van der Waals surface area contributed by atoms with Crippen molar-refractivity contribution in [3.63, 3.8) is 0 Å². The number of nitrogens with zero attached hydrogens (tertiary/aromatic N) is 3. The van der Waals surface area contributed by atoms with E-state index >= 15 is 0 Å². The van der Waals surface area contributed by atoms with E-state index in [4.69, 9.17) is 9.97 Å². The van der Waals surface area contributed by atoms with Crippen LogP contribution in [0.4, 0.5) is 0 Å². The predicted octanol–water partition coefficient (Wildman–Crippen LogP) is 12.7. The summed E-state index contributed by atoms with van der Waals surface area (Å²) in [7, 11) is 0. The van der Waals surface area contributed by atoms with Gasteiger partial charge in [-0.25, -0.2) is 9.97 Å². The molecular weight excluding hydrogens is 631 g/mol. The molecule has 3 heteroatoms. The number of rotatable bonds is 3. The number of benzene rings is 8. The normalized spacial score (nSPS) is 13.3. The second kappa shape index (κ2) is 10.7. The molecule has 2 aromatic heterocycles. The van der Waals surface area contributed by atoms with E-state index in [-0.39, 0.29) is 5.41 Å². The van der Waals surface area contributed by atoms with E-state index in [2.05, 4.69) is 182 Å². The molecule has 0 aliphatic heterocycles. The Balaban J connectivity index is 1.29. The second-order valence-corrected chi connectivity index (χ2v) is 14.5. The van der Waals surface area contributed by atoms with E-state index in [1.54, 1.807) is 0 Å². The van der Waals surface area contributed by atoms with Crippen molar-refractivity contribution in [1.29, 1.82) is 0 Å². The van der Waals surface area contributed by atoms with Gasteiger partial charge in [0.15, 0.2) is 0 Å². The molecule has 2 heterocycles. The summed E-state index contributed by atoms with van der Waals surface area (Å²) in [6, 6.07) is 59.0. The summed E-state index contributed by atoms with van der Waals surface area (Å²) < 4.78 is 2.36. The lowest BCUT2D eigenvalue weighted by molar-refractivity contribution is 0.664. The van der Waals surface area contributed by atoms with Crippen LogP contribution in [-0.4, -0.2) is 14.5 Å². The lowest BCUT2D eigenvalue weighted by atomic mass is 9.80. The molecule has 0 bridgehead atoms. The van der Waals surface area contributed by atoms with Gasteiger partial charge in [-0.1, -0.05) is 166 Å². The van der Waals surface area contributed by atoms with Gasteiger partial charge in [-0.2, -0.15) is 0 Å². The Labute approximate surface area is 301 Å². The molecule has 0 atom stereocenters. The van der Waals surface area contributed by atoms with Gasteiger partial charge in [0.25, 0.3) is 0 Å². The summed E-state index contributed by atoms with van der Waals surface area (Å²) >= 11 is 0. The quantitative estimate of drug-likeness (QED) is 0.188. The highest BCUT2D eigenvalue weighted by atomic mass is 15.2. The van der Waals surface area contributed by atoms with E-state index in [0.29, 0.717) is 5.95 Å². The van der Waals surface area contributed by atoms with Crippen molar-refractivity contribution >= 4 is 54.3 Å². The van der Waals surface area contributed by atoms with Crippen LogP contribution in [0.15, 0.2) is 164 Å². The van der Waals surface area contributed by atoms with Gasteiger partial charge in [0.05, 0.1) is 22.2 Å². The van der Waals surface area contributed by atoms with Crippen LogP contribution in [0, 0.1) is 0 Å². The summed E-state index contributed by atoms with van der Waals surface area (Å²) in [4.78, 5) is 11.0. The van der Waals surface area contributed by atoms with Gasteiger partial charge >= 0.3 is 0 Å². The summed E-state index contributed by atoms with van der Waals surface area (Å²) in [6.45, 7) is 4.75. The SMILES string of the molecule is CC1(C)c2ccccc2-c2c1c1c(c3ccccc23)c2ccccc2n1-c1nc(-c2ccc(-c3ccccc3)c3ccccc23)c2ccccc2n1. The first-order valence-electron chi connectivity index (χ1n) is 18.0. The van der Waals surface area contributed by atoms with Crippen LogP contribution >= 0.6 is 0 Å². The van der Waals surface area contributed by atoms with Gasteiger partial charge in [-0.05, 0) is 67.1 Å². The van der Waals surface area contributed by atoms with Crippen molar-refractivity contribution in [3.8, 4) is 39.5 Å². The molecule has 0 fully saturated rings. The van der Waals surface area contributed by atoms with Gasteiger partial charge in [-0.15, -0.1) is 0 Å². The number of aromatic nitrogens is 3. The molecule has 3 nitrogen and oxygen atoms in total. The van der Waals surface area contributed by atoms with Crippen molar-refractivity contribution in [1.82, 2.24) is 14.5 Å². The maximum Gasteiger partial charge on any atom is 0.235 e. The highest BCUT2D eigenvalue weighted by Crippen LogP contribution is 2.56. The molecule has 244 valence electrons. The van der Waals surface area contributed by atoms with Crippen LogP contribution in [0.5, 0.6) is 0 Å². The van der Waals surface area contributed by atoms with Crippen molar-refractivity contribution in [3.05, 3.63) is 175 Å². The minimum Gasteiger partial charge on any atom is -0.278 e. The van der Waals surface area contributed by atoms with Gasteiger partial charge in [0.1, 0.15) is 0 Å².